The third kappa shape index (κ3) is 4.09. The molecule has 35 heavy (non-hydrogen) atoms. The van der Waals surface area contributed by atoms with E-state index in [-0.39, 0.29) is 40.0 Å². The van der Waals surface area contributed by atoms with E-state index in [0.717, 1.165) is 5.56 Å². The Bertz CT molecular complexity index is 1200. The minimum Gasteiger partial charge on any atom is -0.452 e. The zero-order valence-electron chi connectivity index (χ0n) is 18.5. The van der Waals surface area contributed by atoms with Crippen LogP contribution in [0.4, 0.5) is 11.4 Å². The molecule has 1 aliphatic heterocycles. The molecule has 1 saturated heterocycles. The molecular weight excluding hydrogens is 515 g/mol. The number of esters is 1. The van der Waals surface area contributed by atoms with E-state index < -0.39 is 30.3 Å². The summed E-state index contributed by atoms with van der Waals surface area (Å²) in [7, 11) is 0. The molecule has 2 aliphatic carbocycles. The molecule has 2 aromatic rings. The molecule has 3 amide bonds. The molecule has 2 bridgehead atoms. The second-order valence-electron chi connectivity index (χ2n) is 9.15. The highest BCUT2D eigenvalue weighted by atomic mass is 35.5. The first-order valence-electron chi connectivity index (χ1n) is 11.2. The topological polar surface area (TPSA) is 92.8 Å². The third-order valence-electron chi connectivity index (χ3n) is 7.16. The zero-order valence-corrected chi connectivity index (χ0v) is 20.8. The van der Waals surface area contributed by atoms with Gasteiger partial charge in [0.25, 0.3) is 5.91 Å². The molecule has 3 aliphatic rings. The number of benzene rings is 2. The molecule has 7 nitrogen and oxygen atoms in total. The van der Waals surface area contributed by atoms with E-state index >= 15 is 0 Å². The lowest BCUT2D eigenvalue weighted by atomic mass is 9.80. The fraction of sp³-hybridized carbons (Fsp3) is 0.360. The van der Waals surface area contributed by atoms with Gasteiger partial charge in [-0.25, -0.2) is 4.79 Å². The van der Waals surface area contributed by atoms with Crippen LogP contribution in [0.1, 0.15) is 22.3 Å². The number of hydrogen-bond donors (Lipinski definition) is 1. The molecule has 0 spiro atoms. The quantitative estimate of drug-likeness (QED) is 0.348. The molecule has 1 N–H and O–H groups in total. The van der Waals surface area contributed by atoms with E-state index in [1.165, 1.54) is 29.2 Å². The summed E-state index contributed by atoms with van der Waals surface area (Å²) >= 11 is 18.7. The van der Waals surface area contributed by atoms with Crippen LogP contribution in [0, 0.1) is 30.6 Å². The third-order valence-corrected chi connectivity index (χ3v) is 8.71. The maximum Gasteiger partial charge on any atom is 0.338 e. The first-order chi connectivity index (χ1) is 16.7. The lowest BCUT2D eigenvalue weighted by Gasteiger charge is -2.28. The van der Waals surface area contributed by atoms with Gasteiger partial charge in [-0.2, -0.15) is 0 Å². The molecular formula is C25H21Cl3N2O5. The van der Waals surface area contributed by atoms with Crippen molar-refractivity contribution in [2.24, 2.45) is 23.7 Å². The standard InChI is InChI=1S/C25H21Cl3N2O5/c1-11-2-5-13(26)8-17(11)29-18(31)10-35-25(34)12-3-6-14(7-4-12)30-23(32)19-15-9-16(20(19)24(30)33)22(28)21(15)27/h2-8,15-16,19-22H,9-10H2,1H3,(H,29,31)/t15-,16-,19-,20-,21-,22+/m1/s1. The highest BCUT2D eigenvalue weighted by molar-refractivity contribution is 6.32. The predicted octanol–water partition coefficient (Wildman–Crippen LogP) is 4.41. The molecule has 6 atom stereocenters. The van der Waals surface area contributed by atoms with Gasteiger partial charge in [-0.3, -0.25) is 19.3 Å². The van der Waals surface area contributed by atoms with Crippen molar-refractivity contribution in [3.05, 3.63) is 58.6 Å². The number of carbonyl (C=O) groups excluding carboxylic acids is 4. The Balaban J connectivity index is 1.22. The Morgan fingerprint density at radius 3 is 2.20 bits per heavy atom. The summed E-state index contributed by atoms with van der Waals surface area (Å²) in [4.78, 5) is 51.9. The number of amides is 3. The molecule has 2 aromatic carbocycles. The maximum absolute atomic E-state index is 13.1. The van der Waals surface area contributed by atoms with Gasteiger partial charge in [-0.1, -0.05) is 17.7 Å². The number of ether oxygens (including phenoxy) is 1. The van der Waals surface area contributed by atoms with Crippen LogP contribution < -0.4 is 10.2 Å². The van der Waals surface area contributed by atoms with E-state index in [4.69, 9.17) is 39.5 Å². The van der Waals surface area contributed by atoms with Crippen LogP contribution in [0.3, 0.4) is 0 Å². The number of imide groups is 1. The number of rotatable bonds is 5. The van der Waals surface area contributed by atoms with Gasteiger partial charge in [0, 0.05) is 10.7 Å². The van der Waals surface area contributed by atoms with Gasteiger partial charge in [-0.05, 0) is 67.1 Å². The Labute approximate surface area is 216 Å². The lowest BCUT2D eigenvalue weighted by Crippen LogP contribution is -2.37. The lowest BCUT2D eigenvalue weighted by molar-refractivity contribution is -0.123. The highest BCUT2D eigenvalue weighted by Gasteiger charge is 2.66. The first kappa shape index (κ1) is 24.1. The van der Waals surface area contributed by atoms with Crippen molar-refractivity contribution in [3.63, 3.8) is 0 Å². The number of fused-ring (bicyclic) bond motifs is 5. The smallest absolute Gasteiger partial charge is 0.338 e. The number of alkyl halides is 2. The van der Waals surface area contributed by atoms with Crippen LogP contribution in [0.2, 0.25) is 5.02 Å². The second-order valence-corrected chi connectivity index (χ2v) is 10.6. The van der Waals surface area contributed by atoms with Crippen molar-refractivity contribution in [1.82, 2.24) is 0 Å². The number of hydrogen-bond acceptors (Lipinski definition) is 5. The van der Waals surface area contributed by atoms with Crippen molar-refractivity contribution in [3.8, 4) is 0 Å². The van der Waals surface area contributed by atoms with Crippen LogP contribution >= 0.6 is 34.8 Å². The first-order valence-corrected chi connectivity index (χ1v) is 12.4. The van der Waals surface area contributed by atoms with Gasteiger partial charge in [0.15, 0.2) is 6.61 Å². The Morgan fingerprint density at radius 2 is 1.60 bits per heavy atom. The molecule has 182 valence electrons. The number of aryl methyl sites for hydroxylation is 1. The molecule has 0 radical (unpaired) electrons. The molecule has 0 unspecified atom stereocenters. The van der Waals surface area contributed by atoms with Gasteiger partial charge < -0.3 is 10.1 Å². The van der Waals surface area contributed by atoms with Gasteiger partial charge in [0.2, 0.25) is 11.8 Å². The van der Waals surface area contributed by atoms with E-state index in [2.05, 4.69) is 5.32 Å². The number of anilines is 2. The summed E-state index contributed by atoms with van der Waals surface area (Å²) in [5.74, 6) is -2.87. The highest BCUT2D eigenvalue weighted by Crippen LogP contribution is 2.59. The summed E-state index contributed by atoms with van der Waals surface area (Å²) in [5.41, 5.74) is 1.90. The van der Waals surface area contributed by atoms with Crippen molar-refractivity contribution in [1.29, 1.82) is 0 Å². The van der Waals surface area contributed by atoms with Gasteiger partial charge >= 0.3 is 5.97 Å². The Kier molecular flexibility index (Phi) is 6.28. The molecule has 3 fully saturated rings. The second kappa shape index (κ2) is 9.12. The number of nitrogens with one attached hydrogen (secondary N) is 1. The van der Waals surface area contributed by atoms with Gasteiger partial charge in [0.1, 0.15) is 0 Å². The summed E-state index contributed by atoms with van der Waals surface area (Å²) in [5, 5.41) is 2.48. The van der Waals surface area contributed by atoms with E-state index in [0.29, 0.717) is 22.8 Å². The molecule has 10 heteroatoms. The minimum absolute atomic E-state index is 0.105. The number of carbonyl (C=O) groups is 4. The van der Waals surface area contributed by atoms with Crippen LogP contribution in [-0.2, 0) is 19.1 Å². The summed E-state index contributed by atoms with van der Waals surface area (Å²) in [6.45, 7) is 1.33. The molecule has 2 saturated carbocycles. The van der Waals surface area contributed by atoms with E-state index in [9.17, 15) is 19.2 Å². The van der Waals surface area contributed by atoms with Crippen molar-refractivity contribution in [2.45, 2.75) is 24.1 Å². The van der Waals surface area contributed by atoms with Crippen LogP contribution in [0.15, 0.2) is 42.5 Å². The molecule has 5 rings (SSSR count). The van der Waals surface area contributed by atoms with Gasteiger partial charge in [0.05, 0.1) is 33.8 Å². The van der Waals surface area contributed by atoms with Crippen LogP contribution in [0.5, 0.6) is 0 Å². The van der Waals surface area contributed by atoms with E-state index in [1.54, 1.807) is 18.2 Å². The van der Waals surface area contributed by atoms with Crippen molar-refractivity contribution < 1.29 is 23.9 Å². The Hall–Kier alpha value is -2.61. The van der Waals surface area contributed by atoms with Crippen LogP contribution in [-0.4, -0.2) is 41.1 Å². The van der Waals surface area contributed by atoms with Crippen molar-refractivity contribution >= 4 is 69.9 Å². The zero-order chi connectivity index (χ0) is 25.0. The molecule has 0 aromatic heterocycles. The monoisotopic (exact) mass is 534 g/mol. The SMILES string of the molecule is Cc1ccc(Cl)cc1NC(=O)COC(=O)c1ccc(N2C(=O)[C@@H]3[C@H]4C[C@@H]([C@@H](Cl)[C@H]4Cl)[C@H]3C2=O)cc1. The average Bonchev–Trinajstić information content (AvgIpc) is 3.45. The fourth-order valence-corrected chi connectivity index (χ4v) is 6.54. The normalized spacial score (nSPS) is 28.9. The number of halogens is 3. The average molecular weight is 536 g/mol. The number of nitrogens with zero attached hydrogens (tertiary/aromatic N) is 1. The maximum atomic E-state index is 13.1. The fourth-order valence-electron chi connectivity index (χ4n) is 5.48. The largest absolute Gasteiger partial charge is 0.452 e. The summed E-state index contributed by atoms with van der Waals surface area (Å²) in [6, 6.07) is 11.0. The summed E-state index contributed by atoms with van der Waals surface area (Å²) in [6.07, 6.45) is 0.693. The van der Waals surface area contributed by atoms with Crippen LogP contribution in [0.25, 0.3) is 0 Å². The van der Waals surface area contributed by atoms with E-state index in [1.807, 2.05) is 6.92 Å². The molecule has 1 heterocycles. The van der Waals surface area contributed by atoms with Crippen molar-refractivity contribution in [2.75, 3.05) is 16.8 Å². The van der Waals surface area contributed by atoms with Gasteiger partial charge in [-0.15, -0.1) is 23.2 Å². The minimum atomic E-state index is -0.710. The summed E-state index contributed by atoms with van der Waals surface area (Å²) < 4.78 is 5.10. The Morgan fingerprint density at radius 1 is 1.00 bits per heavy atom. The predicted molar refractivity (Wildman–Crippen MR) is 132 cm³/mol.